The maximum absolute atomic E-state index is 5.83. The molecule has 2 heterocycles. The highest BCUT2D eigenvalue weighted by molar-refractivity contribution is 5.32. The number of nitrogens with two attached hydrogens (primary N) is 1. The van der Waals surface area contributed by atoms with Gasteiger partial charge in [-0.2, -0.15) is 4.98 Å². The van der Waals surface area contributed by atoms with E-state index in [9.17, 15) is 0 Å². The fourth-order valence-electron chi connectivity index (χ4n) is 2.63. The molecule has 0 aromatic carbocycles. The number of piperazine rings is 1. The summed E-state index contributed by atoms with van der Waals surface area (Å²) in [6, 6.07) is 2.31. The summed E-state index contributed by atoms with van der Waals surface area (Å²) in [7, 11) is 0. The van der Waals surface area contributed by atoms with Gasteiger partial charge in [0, 0.05) is 51.0 Å². The molecule has 1 aromatic rings. The van der Waals surface area contributed by atoms with Crippen LogP contribution in [0.3, 0.4) is 0 Å². The molecule has 0 saturated carbocycles. The average Bonchev–Trinajstić information content (AvgIpc) is 2.55. The van der Waals surface area contributed by atoms with Crippen LogP contribution in [0.1, 0.15) is 26.7 Å². The summed E-state index contributed by atoms with van der Waals surface area (Å²) in [5, 5.41) is 0. The van der Waals surface area contributed by atoms with Crippen molar-refractivity contribution in [2.24, 2.45) is 5.73 Å². The van der Waals surface area contributed by atoms with Crippen LogP contribution in [0, 0.1) is 0 Å². The quantitative estimate of drug-likeness (QED) is 0.813. The van der Waals surface area contributed by atoms with Crippen molar-refractivity contribution in [3.63, 3.8) is 0 Å². The van der Waals surface area contributed by atoms with Crippen molar-refractivity contribution in [2.75, 3.05) is 44.2 Å². The van der Waals surface area contributed by atoms with Gasteiger partial charge in [-0.1, -0.05) is 13.8 Å². The molecule has 118 valence electrons. The molecule has 0 spiro atoms. The van der Waals surface area contributed by atoms with Crippen molar-refractivity contribution in [1.82, 2.24) is 14.9 Å². The van der Waals surface area contributed by atoms with Crippen LogP contribution < -0.4 is 15.4 Å². The summed E-state index contributed by atoms with van der Waals surface area (Å²) >= 11 is 0. The van der Waals surface area contributed by atoms with Crippen LogP contribution in [0.15, 0.2) is 12.3 Å². The van der Waals surface area contributed by atoms with Crippen LogP contribution in [-0.2, 0) is 0 Å². The molecule has 1 aliphatic rings. The Hall–Kier alpha value is -1.40. The summed E-state index contributed by atoms with van der Waals surface area (Å²) < 4.78 is 5.58. The van der Waals surface area contributed by atoms with Gasteiger partial charge in [-0.15, -0.1) is 0 Å². The van der Waals surface area contributed by atoms with E-state index in [0.29, 0.717) is 18.5 Å². The molecule has 1 unspecified atom stereocenters. The number of nitrogens with zero attached hydrogens (tertiary/aromatic N) is 4. The number of hydrogen-bond donors (Lipinski definition) is 1. The highest BCUT2D eigenvalue weighted by Crippen LogP contribution is 2.16. The lowest BCUT2D eigenvalue weighted by Gasteiger charge is -2.38. The first-order valence-electron chi connectivity index (χ1n) is 7.93. The SMILES string of the molecule is CCCOc1ccnc(N2CCN(C(CC)CN)CC2)n1. The number of hydrogen-bond acceptors (Lipinski definition) is 6. The molecule has 1 saturated heterocycles. The summed E-state index contributed by atoms with van der Waals surface area (Å²) in [5.74, 6) is 1.43. The molecule has 6 nitrogen and oxygen atoms in total. The Morgan fingerprint density at radius 3 is 2.67 bits per heavy atom. The lowest BCUT2D eigenvalue weighted by molar-refractivity contribution is 0.183. The zero-order valence-electron chi connectivity index (χ0n) is 13.2. The van der Waals surface area contributed by atoms with Gasteiger partial charge in [-0.3, -0.25) is 4.90 Å². The Bertz CT molecular complexity index is 416. The van der Waals surface area contributed by atoms with Gasteiger partial charge in [0.25, 0.3) is 0 Å². The molecule has 2 N–H and O–H groups in total. The smallest absolute Gasteiger partial charge is 0.228 e. The predicted octanol–water partition coefficient (Wildman–Crippen LogP) is 1.12. The minimum absolute atomic E-state index is 0.493. The lowest BCUT2D eigenvalue weighted by atomic mass is 10.1. The Morgan fingerprint density at radius 1 is 1.29 bits per heavy atom. The van der Waals surface area contributed by atoms with Gasteiger partial charge in [-0.25, -0.2) is 4.98 Å². The second-order valence-corrected chi connectivity index (χ2v) is 5.36. The van der Waals surface area contributed by atoms with Crippen molar-refractivity contribution >= 4 is 5.95 Å². The van der Waals surface area contributed by atoms with Crippen molar-refractivity contribution in [3.05, 3.63) is 12.3 Å². The average molecular weight is 293 g/mol. The van der Waals surface area contributed by atoms with Crippen molar-refractivity contribution in [1.29, 1.82) is 0 Å². The van der Waals surface area contributed by atoms with E-state index in [4.69, 9.17) is 10.5 Å². The van der Waals surface area contributed by atoms with Gasteiger partial charge in [0.1, 0.15) is 0 Å². The fourth-order valence-corrected chi connectivity index (χ4v) is 2.63. The van der Waals surface area contributed by atoms with Crippen LogP contribution in [0.25, 0.3) is 0 Å². The normalized spacial score (nSPS) is 17.8. The van der Waals surface area contributed by atoms with Crippen LogP contribution in [-0.4, -0.2) is 60.2 Å². The second kappa shape index (κ2) is 8.14. The zero-order chi connectivity index (χ0) is 15.1. The van der Waals surface area contributed by atoms with E-state index in [0.717, 1.165) is 51.5 Å². The first-order valence-corrected chi connectivity index (χ1v) is 7.93. The van der Waals surface area contributed by atoms with Crippen LogP contribution >= 0.6 is 0 Å². The molecule has 1 atom stereocenters. The fraction of sp³-hybridized carbons (Fsp3) is 0.733. The largest absolute Gasteiger partial charge is 0.478 e. The first kappa shape index (κ1) is 16.0. The summed E-state index contributed by atoms with van der Waals surface area (Å²) in [6.07, 6.45) is 3.86. The van der Waals surface area contributed by atoms with E-state index in [1.54, 1.807) is 6.20 Å². The van der Waals surface area contributed by atoms with Gasteiger partial charge >= 0.3 is 0 Å². The van der Waals surface area contributed by atoms with E-state index in [1.807, 2.05) is 6.07 Å². The molecule has 2 rings (SSSR count). The molecule has 1 aliphatic heterocycles. The molecule has 6 heteroatoms. The topological polar surface area (TPSA) is 67.5 Å². The lowest BCUT2D eigenvalue weighted by Crippen LogP contribution is -2.52. The molecule has 0 bridgehead atoms. The Kier molecular flexibility index (Phi) is 6.20. The minimum Gasteiger partial charge on any atom is -0.478 e. The third kappa shape index (κ3) is 4.28. The van der Waals surface area contributed by atoms with E-state index in [-0.39, 0.29) is 0 Å². The maximum atomic E-state index is 5.83. The summed E-state index contributed by atoms with van der Waals surface area (Å²) in [5.41, 5.74) is 5.83. The molecule has 1 aromatic heterocycles. The molecule has 1 fully saturated rings. The zero-order valence-corrected chi connectivity index (χ0v) is 13.2. The van der Waals surface area contributed by atoms with Crippen LogP contribution in [0.4, 0.5) is 5.95 Å². The van der Waals surface area contributed by atoms with Gasteiger partial charge in [0.2, 0.25) is 11.8 Å². The molecular weight excluding hydrogens is 266 g/mol. The minimum atomic E-state index is 0.493. The third-order valence-electron chi connectivity index (χ3n) is 3.93. The third-order valence-corrected chi connectivity index (χ3v) is 3.93. The van der Waals surface area contributed by atoms with Gasteiger partial charge in [0.05, 0.1) is 6.61 Å². The first-order chi connectivity index (χ1) is 10.3. The summed E-state index contributed by atoms with van der Waals surface area (Å²) in [6.45, 7) is 9.61. The van der Waals surface area contributed by atoms with E-state index < -0.39 is 0 Å². The predicted molar refractivity (Wildman–Crippen MR) is 84.7 cm³/mol. The van der Waals surface area contributed by atoms with Crippen LogP contribution in [0.5, 0.6) is 5.88 Å². The van der Waals surface area contributed by atoms with Crippen molar-refractivity contribution in [2.45, 2.75) is 32.7 Å². The van der Waals surface area contributed by atoms with E-state index in [2.05, 4.69) is 33.6 Å². The number of rotatable bonds is 7. The Labute approximate surface area is 127 Å². The van der Waals surface area contributed by atoms with Crippen molar-refractivity contribution < 1.29 is 4.74 Å². The van der Waals surface area contributed by atoms with Gasteiger partial charge in [0.15, 0.2) is 0 Å². The maximum Gasteiger partial charge on any atom is 0.228 e. The molecule has 0 radical (unpaired) electrons. The van der Waals surface area contributed by atoms with Crippen molar-refractivity contribution in [3.8, 4) is 5.88 Å². The molecule has 0 amide bonds. The number of aromatic nitrogens is 2. The van der Waals surface area contributed by atoms with Crippen LogP contribution in [0.2, 0.25) is 0 Å². The highest BCUT2D eigenvalue weighted by atomic mass is 16.5. The molecule has 21 heavy (non-hydrogen) atoms. The van der Waals surface area contributed by atoms with E-state index in [1.165, 1.54) is 0 Å². The summed E-state index contributed by atoms with van der Waals surface area (Å²) in [4.78, 5) is 13.6. The molecular formula is C15H27N5O. The second-order valence-electron chi connectivity index (χ2n) is 5.36. The van der Waals surface area contributed by atoms with Gasteiger partial charge < -0.3 is 15.4 Å². The monoisotopic (exact) mass is 293 g/mol. The number of anilines is 1. The standard InChI is InChI=1S/C15H27N5O/c1-3-11-21-14-5-6-17-15(18-14)20-9-7-19(8-10-20)13(4-2)12-16/h5-6,13H,3-4,7-12,16H2,1-2H3. The van der Waals surface area contributed by atoms with Gasteiger partial charge in [-0.05, 0) is 12.8 Å². The highest BCUT2D eigenvalue weighted by Gasteiger charge is 2.23. The Balaban J connectivity index is 1.92. The Morgan fingerprint density at radius 2 is 2.05 bits per heavy atom. The number of ether oxygens (including phenoxy) is 1. The van der Waals surface area contributed by atoms with E-state index >= 15 is 0 Å². The molecule has 0 aliphatic carbocycles.